The van der Waals surface area contributed by atoms with Crippen LogP contribution < -0.4 is 4.90 Å². The van der Waals surface area contributed by atoms with Crippen LogP contribution in [0.1, 0.15) is 42.5 Å². The molecule has 5 rings (SSSR count). The highest BCUT2D eigenvalue weighted by atomic mass is 35.5. The topological polar surface area (TPSA) is 53.7 Å². The number of rotatable bonds is 3. The van der Waals surface area contributed by atoms with Crippen LogP contribution in [-0.4, -0.2) is 51.6 Å². The van der Waals surface area contributed by atoms with Crippen molar-refractivity contribution < 1.29 is 4.79 Å². The minimum atomic E-state index is -0.154. The van der Waals surface area contributed by atoms with Crippen LogP contribution >= 0.6 is 11.6 Å². The first-order valence-corrected chi connectivity index (χ1v) is 12.4. The molecular formula is C28H30ClN5O. The normalized spacial score (nSPS) is 14.5. The largest absolute Gasteiger partial charge is 0.367 e. The Morgan fingerprint density at radius 2 is 1.63 bits per heavy atom. The smallest absolute Gasteiger partial charge is 0.272 e. The lowest BCUT2D eigenvalue weighted by Crippen LogP contribution is -2.49. The molecule has 2 aromatic heterocycles. The molecule has 0 atom stereocenters. The monoisotopic (exact) mass is 487 g/mol. The highest BCUT2D eigenvalue weighted by Gasteiger charge is 2.27. The number of piperazine rings is 1. The number of amides is 1. The molecule has 1 fully saturated rings. The van der Waals surface area contributed by atoms with Crippen molar-refractivity contribution in [2.24, 2.45) is 0 Å². The number of carbonyl (C=O) groups is 1. The molecule has 0 saturated carbocycles. The molecular weight excluding hydrogens is 458 g/mol. The Labute approximate surface area is 211 Å². The van der Waals surface area contributed by atoms with Crippen LogP contribution in [-0.2, 0) is 5.41 Å². The zero-order valence-electron chi connectivity index (χ0n) is 20.6. The maximum absolute atomic E-state index is 13.8. The van der Waals surface area contributed by atoms with Gasteiger partial charge in [0.05, 0.1) is 22.1 Å². The molecule has 7 heteroatoms. The van der Waals surface area contributed by atoms with Crippen molar-refractivity contribution in [1.82, 2.24) is 19.5 Å². The fourth-order valence-corrected chi connectivity index (χ4v) is 4.64. The Kier molecular flexibility index (Phi) is 6.01. The highest BCUT2D eigenvalue weighted by molar-refractivity contribution is 6.33. The van der Waals surface area contributed by atoms with Crippen molar-refractivity contribution >= 4 is 28.8 Å². The van der Waals surface area contributed by atoms with Gasteiger partial charge in [0.2, 0.25) is 0 Å². The third-order valence-corrected chi connectivity index (χ3v) is 6.84. The summed E-state index contributed by atoms with van der Waals surface area (Å²) in [7, 11) is 0. The molecule has 6 nitrogen and oxygen atoms in total. The second-order valence-corrected chi connectivity index (χ2v) is 10.6. The van der Waals surface area contributed by atoms with Crippen LogP contribution in [0.15, 0.2) is 60.7 Å². The summed E-state index contributed by atoms with van der Waals surface area (Å²) in [5.41, 5.74) is 5.92. The van der Waals surface area contributed by atoms with E-state index in [-0.39, 0.29) is 11.3 Å². The quantitative estimate of drug-likeness (QED) is 0.376. The van der Waals surface area contributed by atoms with E-state index in [1.165, 1.54) is 5.56 Å². The summed E-state index contributed by atoms with van der Waals surface area (Å²) in [6.07, 6.45) is 0. The van der Waals surface area contributed by atoms with Gasteiger partial charge in [0, 0.05) is 43.2 Å². The van der Waals surface area contributed by atoms with Crippen LogP contribution in [0, 0.1) is 6.92 Å². The second kappa shape index (κ2) is 9.00. The lowest BCUT2D eigenvalue weighted by molar-refractivity contribution is 0.0737. The number of benzene rings is 2. The second-order valence-electron chi connectivity index (χ2n) is 10.2. The lowest BCUT2D eigenvalue weighted by atomic mass is 9.93. The van der Waals surface area contributed by atoms with Gasteiger partial charge in [0.15, 0.2) is 5.65 Å². The van der Waals surface area contributed by atoms with Gasteiger partial charge in [-0.2, -0.15) is 5.10 Å². The first kappa shape index (κ1) is 23.4. The van der Waals surface area contributed by atoms with Gasteiger partial charge < -0.3 is 9.80 Å². The van der Waals surface area contributed by atoms with Crippen molar-refractivity contribution in [1.29, 1.82) is 0 Å². The Bertz CT molecular complexity index is 1380. The van der Waals surface area contributed by atoms with Gasteiger partial charge in [-0.25, -0.2) is 9.50 Å². The minimum absolute atomic E-state index is 0.0341. The molecule has 1 amide bonds. The summed E-state index contributed by atoms with van der Waals surface area (Å²) in [6, 6.07) is 19.9. The van der Waals surface area contributed by atoms with Gasteiger partial charge in [-0.1, -0.05) is 74.3 Å². The molecule has 3 heterocycles. The number of fused-ring (bicyclic) bond motifs is 1. The van der Waals surface area contributed by atoms with Crippen LogP contribution in [0.3, 0.4) is 0 Å². The first-order chi connectivity index (χ1) is 16.7. The van der Waals surface area contributed by atoms with Crippen LogP contribution in [0.4, 0.5) is 5.69 Å². The fourth-order valence-electron chi connectivity index (χ4n) is 4.39. The summed E-state index contributed by atoms with van der Waals surface area (Å²) < 4.78 is 1.71. The average Bonchev–Trinajstić information content (AvgIpc) is 3.29. The molecule has 0 aliphatic carbocycles. The molecule has 180 valence electrons. The molecule has 0 unspecified atom stereocenters. The zero-order valence-corrected chi connectivity index (χ0v) is 21.4. The Balaban J connectivity index is 1.49. The number of hydrogen-bond donors (Lipinski definition) is 0. The van der Waals surface area contributed by atoms with E-state index in [9.17, 15) is 4.79 Å². The average molecular weight is 488 g/mol. The Morgan fingerprint density at radius 1 is 0.943 bits per heavy atom. The molecule has 1 saturated heterocycles. The maximum atomic E-state index is 13.8. The molecule has 0 N–H and O–H groups in total. The molecule has 4 aromatic rings. The van der Waals surface area contributed by atoms with E-state index in [2.05, 4.69) is 44.7 Å². The standard InChI is InChI=1S/C28H30ClN5O/c1-19-9-11-20(12-10-19)22-17-24(34-26(30-22)18-25(31-34)28(2,3)4)27(35)33-15-13-32(14-16-33)23-8-6-5-7-21(23)29/h5-12,17-18H,13-16H2,1-4H3. The predicted molar refractivity (Wildman–Crippen MR) is 141 cm³/mol. The fraction of sp³-hybridized carbons (Fsp3) is 0.321. The van der Waals surface area contributed by atoms with E-state index < -0.39 is 0 Å². The van der Waals surface area contributed by atoms with Gasteiger partial charge in [-0.15, -0.1) is 0 Å². The molecule has 1 aliphatic heterocycles. The van der Waals surface area contributed by atoms with Gasteiger partial charge in [0.25, 0.3) is 5.91 Å². The number of nitrogens with zero attached hydrogens (tertiary/aromatic N) is 5. The van der Waals surface area contributed by atoms with E-state index in [4.69, 9.17) is 21.7 Å². The number of carbonyl (C=O) groups excluding carboxylic acids is 1. The van der Waals surface area contributed by atoms with Crippen molar-refractivity contribution in [3.8, 4) is 11.3 Å². The molecule has 1 aliphatic rings. The lowest BCUT2D eigenvalue weighted by Gasteiger charge is -2.36. The van der Waals surface area contributed by atoms with Gasteiger partial charge >= 0.3 is 0 Å². The first-order valence-electron chi connectivity index (χ1n) is 12.0. The molecule has 0 bridgehead atoms. The maximum Gasteiger partial charge on any atom is 0.272 e. The minimum Gasteiger partial charge on any atom is -0.367 e. The van der Waals surface area contributed by atoms with Crippen LogP contribution in [0.2, 0.25) is 5.02 Å². The van der Waals surface area contributed by atoms with Gasteiger partial charge in [-0.05, 0) is 25.1 Å². The van der Waals surface area contributed by atoms with Crippen LogP contribution in [0.25, 0.3) is 16.9 Å². The van der Waals surface area contributed by atoms with Crippen LogP contribution in [0.5, 0.6) is 0 Å². The highest BCUT2D eigenvalue weighted by Crippen LogP contribution is 2.28. The summed E-state index contributed by atoms with van der Waals surface area (Å²) >= 11 is 6.40. The molecule has 2 aromatic carbocycles. The SMILES string of the molecule is Cc1ccc(-c2cc(C(=O)N3CCN(c4ccccc4Cl)CC3)n3nc(C(C)(C)C)cc3n2)cc1. The van der Waals surface area contributed by atoms with E-state index >= 15 is 0 Å². The molecule has 0 radical (unpaired) electrons. The predicted octanol–water partition coefficient (Wildman–Crippen LogP) is 5.62. The van der Waals surface area contributed by atoms with Crippen molar-refractivity contribution in [2.75, 3.05) is 31.1 Å². The summed E-state index contributed by atoms with van der Waals surface area (Å²) in [5.74, 6) is -0.0341. The Morgan fingerprint density at radius 3 is 2.29 bits per heavy atom. The number of halogens is 1. The van der Waals surface area contributed by atoms with E-state index in [1.807, 2.05) is 53.4 Å². The summed E-state index contributed by atoms with van der Waals surface area (Å²) in [5, 5.41) is 5.54. The number of aryl methyl sites for hydroxylation is 1. The van der Waals surface area contributed by atoms with Crippen molar-refractivity contribution in [2.45, 2.75) is 33.1 Å². The number of hydrogen-bond acceptors (Lipinski definition) is 4. The van der Waals surface area contributed by atoms with Crippen molar-refractivity contribution in [3.63, 3.8) is 0 Å². The number of para-hydroxylation sites is 1. The third kappa shape index (κ3) is 4.63. The third-order valence-electron chi connectivity index (χ3n) is 6.52. The van der Waals surface area contributed by atoms with E-state index in [1.54, 1.807) is 4.52 Å². The van der Waals surface area contributed by atoms with E-state index in [0.717, 1.165) is 40.8 Å². The number of anilines is 1. The summed E-state index contributed by atoms with van der Waals surface area (Å²) in [6.45, 7) is 11.1. The van der Waals surface area contributed by atoms with Gasteiger partial charge in [0.1, 0.15) is 5.69 Å². The van der Waals surface area contributed by atoms with E-state index in [0.29, 0.717) is 24.4 Å². The Hall–Kier alpha value is -3.38. The van der Waals surface area contributed by atoms with Gasteiger partial charge in [-0.3, -0.25) is 4.79 Å². The molecule has 0 spiro atoms. The molecule has 35 heavy (non-hydrogen) atoms. The summed E-state index contributed by atoms with van der Waals surface area (Å²) in [4.78, 5) is 22.8. The number of aromatic nitrogens is 3. The zero-order chi connectivity index (χ0) is 24.7. The van der Waals surface area contributed by atoms with Crippen molar-refractivity contribution in [3.05, 3.63) is 82.6 Å².